The van der Waals surface area contributed by atoms with E-state index in [9.17, 15) is 21.6 Å². The van der Waals surface area contributed by atoms with Gasteiger partial charge in [-0.1, -0.05) is 23.7 Å². The van der Waals surface area contributed by atoms with E-state index in [0.29, 0.717) is 6.07 Å². The molecule has 0 aliphatic rings. The molecule has 0 bridgehead atoms. The molecule has 0 unspecified atom stereocenters. The third-order valence-corrected chi connectivity index (χ3v) is 4.52. The number of nitrogens with one attached hydrogen (secondary N) is 1. The Morgan fingerprint density at radius 3 is 2.32 bits per heavy atom. The number of alkyl halides is 3. The molecule has 0 amide bonds. The number of rotatable bonds is 3. The first-order valence-electron chi connectivity index (χ1n) is 5.85. The summed E-state index contributed by atoms with van der Waals surface area (Å²) in [4.78, 5) is -0.247. The zero-order valence-corrected chi connectivity index (χ0v) is 12.4. The van der Waals surface area contributed by atoms with Gasteiger partial charge in [-0.25, -0.2) is 8.42 Å². The van der Waals surface area contributed by atoms with Crippen LogP contribution < -0.4 is 10.5 Å². The molecule has 0 saturated heterocycles. The van der Waals surface area contributed by atoms with Gasteiger partial charge in [0.1, 0.15) is 4.90 Å². The SMILES string of the molecule is Nc1ccccc1S(=O)(=O)Nc1cc(C(F)(F)F)ccc1Cl. The fourth-order valence-corrected chi connectivity index (χ4v) is 3.13. The van der Waals surface area contributed by atoms with Crippen molar-refractivity contribution >= 4 is 33.0 Å². The number of sulfonamides is 1. The molecule has 0 fully saturated rings. The van der Waals surface area contributed by atoms with Crippen molar-refractivity contribution in [1.29, 1.82) is 0 Å². The summed E-state index contributed by atoms with van der Waals surface area (Å²) in [6.07, 6.45) is -4.61. The van der Waals surface area contributed by atoms with Crippen LogP contribution in [0.3, 0.4) is 0 Å². The molecule has 0 aromatic heterocycles. The third kappa shape index (κ3) is 3.45. The Morgan fingerprint density at radius 2 is 1.73 bits per heavy atom. The van der Waals surface area contributed by atoms with Gasteiger partial charge in [-0.15, -0.1) is 0 Å². The molecule has 2 aromatic rings. The zero-order chi connectivity index (χ0) is 16.5. The number of hydrogen-bond donors (Lipinski definition) is 2. The molecular weight excluding hydrogens is 341 g/mol. The van der Waals surface area contributed by atoms with Crippen LogP contribution >= 0.6 is 11.6 Å². The number of benzene rings is 2. The maximum absolute atomic E-state index is 12.7. The summed E-state index contributed by atoms with van der Waals surface area (Å²) >= 11 is 5.75. The molecule has 2 rings (SSSR count). The van der Waals surface area contributed by atoms with Crippen molar-refractivity contribution < 1.29 is 21.6 Å². The maximum atomic E-state index is 12.7. The minimum absolute atomic E-state index is 0.0295. The van der Waals surface area contributed by atoms with Crippen molar-refractivity contribution in [3.63, 3.8) is 0 Å². The molecule has 22 heavy (non-hydrogen) atoms. The molecule has 0 heterocycles. The summed E-state index contributed by atoms with van der Waals surface area (Å²) in [6.45, 7) is 0. The number of para-hydroxylation sites is 1. The van der Waals surface area contributed by atoms with Crippen LogP contribution in [0.1, 0.15) is 5.56 Å². The second kappa shape index (κ2) is 5.69. The summed E-state index contributed by atoms with van der Waals surface area (Å²) in [6, 6.07) is 7.93. The van der Waals surface area contributed by atoms with E-state index in [1.807, 2.05) is 4.72 Å². The van der Waals surface area contributed by atoms with Gasteiger partial charge in [0, 0.05) is 0 Å². The van der Waals surface area contributed by atoms with Gasteiger partial charge in [0.25, 0.3) is 10.0 Å². The van der Waals surface area contributed by atoms with Crippen LogP contribution in [0.15, 0.2) is 47.4 Å². The normalized spacial score (nSPS) is 12.2. The molecule has 118 valence electrons. The van der Waals surface area contributed by atoms with Crippen molar-refractivity contribution in [1.82, 2.24) is 0 Å². The van der Waals surface area contributed by atoms with Crippen molar-refractivity contribution in [3.8, 4) is 0 Å². The zero-order valence-electron chi connectivity index (χ0n) is 10.9. The summed E-state index contributed by atoms with van der Waals surface area (Å²) in [5, 5.41) is -0.161. The van der Waals surface area contributed by atoms with Crippen LogP contribution in [0, 0.1) is 0 Å². The van der Waals surface area contributed by atoms with E-state index in [2.05, 4.69) is 0 Å². The first kappa shape index (κ1) is 16.4. The minimum atomic E-state index is -4.61. The lowest BCUT2D eigenvalue weighted by Gasteiger charge is -2.13. The molecule has 9 heteroatoms. The molecule has 4 nitrogen and oxygen atoms in total. The summed E-state index contributed by atoms with van der Waals surface area (Å²) in [5.41, 5.74) is 4.14. The quantitative estimate of drug-likeness (QED) is 0.828. The Hall–Kier alpha value is -1.93. The molecule has 0 saturated carbocycles. The van der Waals surface area contributed by atoms with Gasteiger partial charge < -0.3 is 5.73 Å². The molecule has 0 atom stereocenters. The van der Waals surface area contributed by atoms with E-state index in [0.717, 1.165) is 12.1 Å². The van der Waals surface area contributed by atoms with E-state index < -0.39 is 21.8 Å². The van der Waals surface area contributed by atoms with E-state index in [-0.39, 0.29) is 21.3 Å². The number of nitrogens with two attached hydrogens (primary N) is 1. The average molecular weight is 351 g/mol. The monoisotopic (exact) mass is 350 g/mol. The topological polar surface area (TPSA) is 72.2 Å². The molecule has 0 aliphatic heterocycles. The standard InChI is InChI=1S/C13H10ClF3N2O2S/c14-9-6-5-8(13(15,16)17)7-11(9)19-22(20,21)12-4-2-1-3-10(12)18/h1-7,19H,18H2. The first-order valence-corrected chi connectivity index (χ1v) is 7.71. The number of nitrogen functional groups attached to an aromatic ring is 1. The fourth-order valence-electron chi connectivity index (χ4n) is 1.70. The highest BCUT2D eigenvalue weighted by Crippen LogP contribution is 2.34. The number of halogens is 4. The van der Waals surface area contributed by atoms with Crippen LogP contribution in [0.25, 0.3) is 0 Å². The second-order valence-electron chi connectivity index (χ2n) is 4.34. The molecular formula is C13H10ClF3N2O2S. The van der Waals surface area contributed by atoms with E-state index in [1.54, 1.807) is 0 Å². The molecule has 3 N–H and O–H groups in total. The predicted molar refractivity (Wildman–Crippen MR) is 78.1 cm³/mol. The van der Waals surface area contributed by atoms with E-state index in [1.165, 1.54) is 24.3 Å². The summed E-state index contributed by atoms with van der Waals surface area (Å²) in [5.74, 6) is 0. The fraction of sp³-hybridized carbons (Fsp3) is 0.0769. The predicted octanol–water partition coefficient (Wildman–Crippen LogP) is 3.74. The van der Waals surface area contributed by atoms with Gasteiger partial charge in [-0.3, -0.25) is 4.72 Å². The highest BCUT2D eigenvalue weighted by Gasteiger charge is 2.31. The van der Waals surface area contributed by atoms with Gasteiger partial charge in [-0.05, 0) is 30.3 Å². The van der Waals surface area contributed by atoms with Crippen LogP contribution in [-0.2, 0) is 16.2 Å². The Morgan fingerprint density at radius 1 is 1.09 bits per heavy atom. The molecule has 2 aromatic carbocycles. The van der Waals surface area contributed by atoms with Crippen molar-refractivity contribution in [2.24, 2.45) is 0 Å². The van der Waals surface area contributed by atoms with Gasteiger partial charge in [-0.2, -0.15) is 13.2 Å². The average Bonchev–Trinajstić information content (AvgIpc) is 2.40. The lowest BCUT2D eigenvalue weighted by molar-refractivity contribution is -0.137. The van der Waals surface area contributed by atoms with Gasteiger partial charge in [0.05, 0.1) is 22.0 Å². The highest BCUT2D eigenvalue weighted by molar-refractivity contribution is 7.92. The lowest BCUT2D eigenvalue weighted by Crippen LogP contribution is -2.16. The number of anilines is 2. The van der Waals surface area contributed by atoms with Crippen LogP contribution in [0.4, 0.5) is 24.5 Å². The maximum Gasteiger partial charge on any atom is 0.416 e. The molecule has 0 spiro atoms. The molecule has 0 aliphatic carbocycles. The van der Waals surface area contributed by atoms with Crippen LogP contribution in [-0.4, -0.2) is 8.42 Å². The summed E-state index contributed by atoms with van der Waals surface area (Å²) in [7, 11) is -4.16. The van der Waals surface area contributed by atoms with Gasteiger partial charge in [0.15, 0.2) is 0 Å². The lowest BCUT2D eigenvalue weighted by atomic mass is 10.2. The van der Waals surface area contributed by atoms with Crippen LogP contribution in [0.5, 0.6) is 0 Å². The first-order chi connectivity index (χ1) is 10.1. The molecule has 0 radical (unpaired) electrons. The highest BCUT2D eigenvalue weighted by atomic mass is 35.5. The Labute approximate surface area is 129 Å². The Bertz CT molecular complexity index is 807. The Kier molecular flexibility index (Phi) is 4.25. The third-order valence-electron chi connectivity index (χ3n) is 2.75. The van der Waals surface area contributed by atoms with Crippen LogP contribution in [0.2, 0.25) is 5.02 Å². The second-order valence-corrected chi connectivity index (χ2v) is 6.39. The minimum Gasteiger partial charge on any atom is -0.398 e. The van der Waals surface area contributed by atoms with E-state index >= 15 is 0 Å². The van der Waals surface area contributed by atoms with Crippen molar-refractivity contribution in [2.75, 3.05) is 10.5 Å². The Balaban J connectivity index is 2.44. The van der Waals surface area contributed by atoms with Crippen molar-refractivity contribution in [2.45, 2.75) is 11.1 Å². The summed E-state index contributed by atoms with van der Waals surface area (Å²) < 4.78 is 64.5. The smallest absolute Gasteiger partial charge is 0.398 e. The largest absolute Gasteiger partial charge is 0.416 e. The van der Waals surface area contributed by atoms with E-state index in [4.69, 9.17) is 17.3 Å². The number of hydrogen-bond acceptors (Lipinski definition) is 3. The van der Waals surface area contributed by atoms with Gasteiger partial charge in [0.2, 0.25) is 0 Å². The van der Waals surface area contributed by atoms with Gasteiger partial charge >= 0.3 is 6.18 Å². The van der Waals surface area contributed by atoms with Crippen molar-refractivity contribution in [3.05, 3.63) is 53.1 Å².